The summed E-state index contributed by atoms with van der Waals surface area (Å²) in [6.07, 6.45) is 8.06. The van der Waals surface area contributed by atoms with Crippen molar-refractivity contribution in [3.05, 3.63) is 17.8 Å². The number of aryl methyl sites for hydroxylation is 1. The molecular formula is C21H27N5O3. The van der Waals surface area contributed by atoms with Gasteiger partial charge in [-0.1, -0.05) is 5.16 Å². The van der Waals surface area contributed by atoms with E-state index in [1.165, 1.54) is 25.7 Å². The first kappa shape index (κ1) is 16.7. The summed E-state index contributed by atoms with van der Waals surface area (Å²) < 4.78 is 11.4. The molecule has 8 nitrogen and oxygen atoms in total. The molecule has 0 radical (unpaired) electrons. The number of rotatable bonds is 3. The molecule has 7 aliphatic rings. The fourth-order valence-corrected chi connectivity index (χ4v) is 6.57. The van der Waals surface area contributed by atoms with Crippen molar-refractivity contribution in [2.24, 2.45) is 17.8 Å². The second kappa shape index (κ2) is 5.53. The molecule has 1 amide bonds. The Bertz CT molecular complexity index is 890. The average molecular weight is 397 g/mol. The zero-order chi connectivity index (χ0) is 19.3. The highest BCUT2D eigenvalue weighted by Gasteiger charge is 2.64. The SMILES string of the molecule is Cc1noc(N2C=C3OCC2CC3N2C[C@@H]3C(C(=O)N4CCC45CCC5)[C@@H]3C2)n1. The topological polar surface area (TPSA) is 74.9 Å². The van der Waals surface area contributed by atoms with Gasteiger partial charge in [-0.25, -0.2) is 0 Å². The van der Waals surface area contributed by atoms with Gasteiger partial charge in [-0.3, -0.25) is 14.6 Å². The van der Waals surface area contributed by atoms with Gasteiger partial charge in [-0.05, 0) is 50.9 Å². The van der Waals surface area contributed by atoms with Crippen LogP contribution in [0.5, 0.6) is 0 Å². The monoisotopic (exact) mass is 397 g/mol. The van der Waals surface area contributed by atoms with E-state index in [2.05, 4.69) is 24.8 Å². The number of anilines is 1. The lowest BCUT2D eigenvalue weighted by atomic mass is 9.67. The largest absolute Gasteiger partial charge is 0.493 e. The van der Waals surface area contributed by atoms with E-state index >= 15 is 0 Å². The number of fused-ring (bicyclic) bond motifs is 4. The van der Waals surface area contributed by atoms with Crippen LogP contribution in [0.25, 0.3) is 0 Å². The number of hydrogen-bond acceptors (Lipinski definition) is 7. The maximum atomic E-state index is 13.1. The number of hydrogen-bond donors (Lipinski definition) is 0. The lowest BCUT2D eigenvalue weighted by Gasteiger charge is -2.59. The van der Waals surface area contributed by atoms with Gasteiger partial charge in [0.1, 0.15) is 12.4 Å². The third-order valence-corrected chi connectivity index (χ3v) is 8.54. The van der Waals surface area contributed by atoms with Crippen molar-refractivity contribution in [1.29, 1.82) is 0 Å². The third-order valence-electron chi connectivity index (χ3n) is 8.54. The summed E-state index contributed by atoms with van der Waals surface area (Å²) in [7, 11) is 0. The summed E-state index contributed by atoms with van der Waals surface area (Å²) in [5.41, 5.74) is 0.283. The molecule has 1 aromatic heterocycles. The number of carbonyl (C=O) groups is 1. The molecule has 2 aliphatic carbocycles. The summed E-state index contributed by atoms with van der Waals surface area (Å²) in [5, 5.41) is 3.91. The molecule has 6 heterocycles. The van der Waals surface area contributed by atoms with E-state index in [1.807, 2.05) is 13.1 Å². The minimum Gasteiger partial charge on any atom is -0.493 e. The van der Waals surface area contributed by atoms with E-state index in [1.54, 1.807) is 0 Å². The Morgan fingerprint density at radius 1 is 1.24 bits per heavy atom. The van der Waals surface area contributed by atoms with Gasteiger partial charge in [0.15, 0.2) is 5.82 Å². The van der Waals surface area contributed by atoms with Crippen molar-refractivity contribution in [3.63, 3.8) is 0 Å². The number of aromatic nitrogens is 2. The van der Waals surface area contributed by atoms with Gasteiger partial charge in [0.05, 0.1) is 12.1 Å². The molecule has 3 saturated heterocycles. The fourth-order valence-electron chi connectivity index (χ4n) is 6.57. The minimum absolute atomic E-state index is 0.228. The van der Waals surface area contributed by atoms with Crippen LogP contribution in [0.15, 0.2) is 16.5 Å². The standard InChI is InChI=1S/C21H27N5O3/c1-12-22-20(29-23-12)25-10-17-16(7-13(25)11-28-17)24-8-14-15(9-24)18(14)19(27)26-6-5-21(26)3-2-4-21/h10,13-16,18H,2-9,11H2,1H3/t13?,14-,15+,16?,18?. The quantitative estimate of drug-likeness (QED) is 0.766. The fraction of sp³-hybridized carbons (Fsp3) is 0.762. The molecule has 1 spiro atoms. The summed E-state index contributed by atoms with van der Waals surface area (Å²) >= 11 is 0. The maximum Gasteiger partial charge on any atom is 0.328 e. The van der Waals surface area contributed by atoms with Gasteiger partial charge >= 0.3 is 6.01 Å². The molecule has 5 aliphatic heterocycles. The molecule has 8 rings (SSSR count). The van der Waals surface area contributed by atoms with Crippen molar-refractivity contribution in [2.75, 3.05) is 31.1 Å². The number of likely N-dealkylation sites (tertiary alicyclic amines) is 2. The molecular weight excluding hydrogens is 370 g/mol. The molecule has 2 saturated carbocycles. The number of carbonyl (C=O) groups excluding carboxylic acids is 1. The first-order valence-corrected chi connectivity index (χ1v) is 11.1. The van der Waals surface area contributed by atoms with E-state index in [0.717, 1.165) is 31.8 Å². The van der Waals surface area contributed by atoms with Gasteiger partial charge in [-0.2, -0.15) is 4.98 Å². The van der Waals surface area contributed by atoms with E-state index in [9.17, 15) is 4.79 Å². The summed E-state index contributed by atoms with van der Waals surface area (Å²) in [6.45, 7) is 5.55. The Morgan fingerprint density at radius 2 is 2.07 bits per heavy atom. The van der Waals surface area contributed by atoms with E-state index in [4.69, 9.17) is 9.26 Å². The van der Waals surface area contributed by atoms with Crippen LogP contribution in [-0.4, -0.2) is 69.7 Å². The van der Waals surface area contributed by atoms with Crippen molar-refractivity contribution >= 4 is 11.9 Å². The summed E-state index contributed by atoms with van der Waals surface area (Å²) in [6, 6.07) is 1.10. The number of ether oxygens (including phenoxy) is 1. The van der Waals surface area contributed by atoms with Crippen molar-refractivity contribution in [3.8, 4) is 0 Å². The lowest BCUT2D eigenvalue weighted by molar-refractivity contribution is -0.158. The Kier molecular flexibility index (Phi) is 3.18. The lowest BCUT2D eigenvalue weighted by Crippen LogP contribution is -2.66. The molecule has 154 valence electrons. The van der Waals surface area contributed by atoms with Crippen molar-refractivity contribution < 1.29 is 14.1 Å². The van der Waals surface area contributed by atoms with Crippen molar-refractivity contribution in [2.45, 2.75) is 56.7 Å². The molecule has 2 bridgehead atoms. The van der Waals surface area contributed by atoms with Gasteiger partial charge in [-0.15, -0.1) is 0 Å². The van der Waals surface area contributed by atoms with E-state index in [0.29, 0.717) is 42.2 Å². The summed E-state index contributed by atoms with van der Waals surface area (Å²) in [5.74, 6) is 3.51. The number of amides is 1. The van der Waals surface area contributed by atoms with Crippen molar-refractivity contribution in [1.82, 2.24) is 19.9 Å². The smallest absolute Gasteiger partial charge is 0.328 e. The van der Waals surface area contributed by atoms with Gasteiger partial charge in [0, 0.05) is 37.3 Å². The zero-order valence-corrected chi connectivity index (χ0v) is 16.8. The van der Waals surface area contributed by atoms with Gasteiger partial charge < -0.3 is 14.2 Å². The van der Waals surface area contributed by atoms with Crippen LogP contribution >= 0.6 is 0 Å². The predicted molar refractivity (Wildman–Crippen MR) is 103 cm³/mol. The highest BCUT2D eigenvalue weighted by atomic mass is 16.5. The van der Waals surface area contributed by atoms with Crippen LogP contribution < -0.4 is 4.90 Å². The number of piperidine rings is 1. The number of nitrogens with zero attached hydrogens (tertiary/aromatic N) is 5. The van der Waals surface area contributed by atoms with Gasteiger partial charge in [0.2, 0.25) is 5.91 Å². The Balaban J connectivity index is 1.02. The van der Waals surface area contributed by atoms with Crippen LogP contribution in [-0.2, 0) is 9.53 Å². The second-order valence-corrected chi connectivity index (χ2v) is 9.90. The highest BCUT2D eigenvalue weighted by Crippen LogP contribution is 2.57. The first-order valence-electron chi connectivity index (χ1n) is 11.1. The Labute approximate surface area is 169 Å². The second-order valence-electron chi connectivity index (χ2n) is 9.90. The maximum absolute atomic E-state index is 13.1. The van der Waals surface area contributed by atoms with Gasteiger partial charge in [0.25, 0.3) is 0 Å². The minimum atomic E-state index is 0.228. The summed E-state index contributed by atoms with van der Waals surface area (Å²) in [4.78, 5) is 24.3. The van der Waals surface area contributed by atoms with Crippen LogP contribution in [0.1, 0.15) is 37.9 Å². The molecule has 5 fully saturated rings. The molecule has 5 atom stereocenters. The molecule has 3 unspecified atom stereocenters. The average Bonchev–Trinajstić information content (AvgIpc) is 2.99. The Morgan fingerprint density at radius 3 is 2.62 bits per heavy atom. The molecule has 1 aromatic rings. The molecule has 0 N–H and O–H groups in total. The Hall–Kier alpha value is -2.09. The predicted octanol–water partition coefficient (Wildman–Crippen LogP) is 1.53. The highest BCUT2D eigenvalue weighted by molar-refractivity contribution is 5.84. The van der Waals surface area contributed by atoms with Crippen LogP contribution in [0.3, 0.4) is 0 Å². The zero-order valence-electron chi connectivity index (χ0n) is 16.8. The van der Waals surface area contributed by atoms with E-state index in [-0.39, 0.29) is 17.5 Å². The van der Waals surface area contributed by atoms with Crippen LogP contribution in [0, 0.1) is 24.7 Å². The van der Waals surface area contributed by atoms with Crippen LogP contribution in [0.2, 0.25) is 0 Å². The molecule has 8 heteroatoms. The third kappa shape index (κ3) is 2.21. The first-order chi connectivity index (χ1) is 14.1. The van der Waals surface area contributed by atoms with E-state index < -0.39 is 0 Å². The normalized spacial score (nSPS) is 38.9. The van der Waals surface area contributed by atoms with Crippen LogP contribution in [0.4, 0.5) is 6.01 Å². The molecule has 29 heavy (non-hydrogen) atoms. The molecule has 0 aromatic carbocycles.